The number of allylic oxidation sites excluding steroid dienone is 1. The van der Waals surface area contributed by atoms with E-state index in [9.17, 15) is 31.2 Å². The van der Waals surface area contributed by atoms with Crippen molar-refractivity contribution in [2.75, 3.05) is 0 Å². The number of amides is 1. The van der Waals surface area contributed by atoms with Crippen molar-refractivity contribution in [2.24, 2.45) is 5.73 Å². The van der Waals surface area contributed by atoms with Gasteiger partial charge in [-0.1, -0.05) is 30.3 Å². The number of nitrogens with two attached hydrogens (primary N) is 1. The standard InChI is InChI=1S/C16H15F3N2O6S/c17-16(18,19)28(24,25)27-11-7-6-10-12(20)14(22)21(10)13(11)15(23)26-8-9-4-2-1-3-5-9/h1-5,10,12H,6-8,20H2/t10-,12?/m0/s1. The second-order valence-electron chi connectivity index (χ2n) is 6.16. The van der Waals surface area contributed by atoms with Gasteiger partial charge in [0.1, 0.15) is 12.6 Å². The third-order valence-corrected chi connectivity index (χ3v) is 5.33. The van der Waals surface area contributed by atoms with Crippen LogP contribution in [0.1, 0.15) is 18.4 Å². The summed E-state index contributed by atoms with van der Waals surface area (Å²) >= 11 is 0. The van der Waals surface area contributed by atoms with Crippen molar-refractivity contribution < 1.29 is 40.1 Å². The predicted molar refractivity (Wildman–Crippen MR) is 87.2 cm³/mol. The second kappa shape index (κ2) is 7.09. The molecule has 2 heterocycles. The van der Waals surface area contributed by atoms with E-state index >= 15 is 0 Å². The number of rotatable bonds is 5. The zero-order chi connectivity index (χ0) is 20.7. The van der Waals surface area contributed by atoms with Crippen molar-refractivity contribution in [3.05, 3.63) is 47.4 Å². The summed E-state index contributed by atoms with van der Waals surface area (Å²) < 4.78 is 69.9. The molecule has 2 N–H and O–H groups in total. The Morgan fingerprint density at radius 3 is 2.50 bits per heavy atom. The van der Waals surface area contributed by atoms with Gasteiger partial charge in [0.2, 0.25) is 5.91 Å². The molecule has 1 saturated heterocycles. The van der Waals surface area contributed by atoms with Gasteiger partial charge in [0.25, 0.3) is 0 Å². The monoisotopic (exact) mass is 420 g/mol. The first-order valence-corrected chi connectivity index (χ1v) is 9.47. The average molecular weight is 420 g/mol. The lowest BCUT2D eigenvalue weighted by Gasteiger charge is -2.48. The highest BCUT2D eigenvalue weighted by Crippen LogP contribution is 2.39. The molecule has 1 aromatic carbocycles. The van der Waals surface area contributed by atoms with Gasteiger partial charge in [-0.25, -0.2) is 4.79 Å². The molecule has 28 heavy (non-hydrogen) atoms. The Bertz CT molecular complexity index is 929. The summed E-state index contributed by atoms with van der Waals surface area (Å²) in [7, 11) is -6.01. The summed E-state index contributed by atoms with van der Waals surface area (Å²) in [6.07, 6.45) is -0.279. The van der Waals surface area contributed by atoms with Gasteiger partial charge in [-0.05, 0) is 12.0 Å². The topological polar surface area (TPSA) is 116 Å². The maximum absolute atomic E-state index is 12.7. The molecule has 0 radical (unpaired) electrons. The lowest BCUT2D eigenvalue weighted by Crippen LogP contribution is -2.69. The van der Waals surface area contributed by atoms with Gasteiger partial charge in [-0.15, -0.1) is 0 Å². The van der Waals surface area contributed by atoms with Gasteiger partial charge >= 0.3 is 21.6 Å². The van der Waals surface area contributed by atoms with Crippen molar-refractivity contribution in [1.29, 1.82) is 0 Å². The molecule has 0 bridgehead atoms. The summed E-state index contributed by atoms with van der Waals surface area (Å²) in [6, 6.07) is 6.80. The highest BCUT2D eigenvalue weighted by atomic mass is 32.2. The van der Waals surface area contributed by atoms with Crippen LogP contribution in [0.5, 0.6) is 0 Å². The molecule has 152 valence electrons. The Hall–Kier alpha value is -2.60. The van der Waals surface area contributed by atoms with Crippen molar-refractivity contribution in [3.63, 3.8) is 0 Å². The number of hydrogen-bond acceptors (Lipinski definition) is 7. The van der Waals surface area contributed by atoms with Crippen LogP contribution in [0.3, 0.4) is 0 Å². The molecule has 0 saturated carbocycles. The summed E-state index contributed by atoms with van der Waals surface area (Å²) in [5.74, 6) is -2.71. The number of nitrogens with zero attached hydrogens (tertiary/aromatic N) is 1. The molecule has 0 aromatic heterocycles. The molecule has 1 fully saturated rings. The van der Waals surface area contributed by atoms with Crippen LogP contribution in [-0.2, 0) is 35.2 Å². The van der Waals surface area contributed by atoms with E-state index in [0.717, 1.165) is 4.90 Å². The van der Waals surface area contributed by atoms with Crippen molar-refractivity contribution in [1.82, 2.24) is 4.90 Å². The van der Waals surface area contributed by atoms with E-state index in [1.165, 1.54) is 0 Å². The van der Waals surface area contributed by atoms with Gasteiger partial charge in [0.15, 0.2) is 11.5 Å². The Labute approximate surface area is 157 Å². The van der Waals surface area contributed by atoms with Crippen LogP contribution in [0.25, 0.3) is 0 Å². The molecule has 3 rings (SSSR count). The number of hydrogen-bond donors (Lipinski definition) is 1. The highest BCUT2D eigenvalue weighted by molar-refractivity contribution is 7.87. The number of carbonyl (C=O) groups excluding carboxylic acids is 2. The van der Waals surface area contributed by atoms with Gasteiger partial charge in [-0.2, -0.15) is 21.6 Å². The molecule has 8 nitrogen and oxygen atoms in total. The minimum Gasteiger partial charge on any atom is -0.456 e. The number of halogens is 3. The zero-order valence-corrected chi connectivity index (χ0v) is 15.0. The van der Waals surface area contributed by atoms with E-state index < -0.39 is 51.0 Å². The fraction of sp³-hybridized carbons (Fsp3) is 0.375. The van der Waals surface area contributed by atoms with E-state index in [0.29, 0.717) is 5.56 Å². The molecule has 0 aliphatic carbocycles. The number of benzene rings is 1. The maximum atomic E-state index is 12.7. The van der Waals surface area contributed by atoms with E-state index in [1.54, 1.807) is 30.3 Å². The van der Waals surface area contributed by atoms with Crippen molar-refractivity contribution in [3.8, 4) is 0 Å². The number of fused-ring (bicyclic) bond motifs is 1. The van der Waals surface area contributed by atoms with Gasteiger partial charge in [-0.3, -0.25) is 9.69 Å². The number of ether oxygens (including phenoxy) is 1. The van der Waals surface area contributed by atoms with E-state index in [4.69, 9.17) is 10.5 Å². The molecular formula is C16H15F3N2O6S. The summed E-state index contributed by atoms with van der Waals surface area (Å²) in [5.41, 5.74) is -0.138. The number of β-lactam (4-membered cyclic amide) rings is 1. The molecular weight excluding hydrogens is 405 g/mol. The van der Waals surface area contributed by atoms with E-state index in [-0.39, 0.29) is 19.4 Å². The molecule has 2 atom stereocenters. The van der Waals surface area contributed by atoms with Crippen LogP contribution in [0, 0.1) is 0 Å². The first-order valence-electron chi connectivity index (χ1n) is 8.06. The lowest BCUT2D eigenvalue weighted by atomic mass is 9.86. The first kappa shape index (κ1) is 20.1. The molecule has 2 aliphatic rings. The summed E-state index contributed by atoms with van der Waals surface area (Å²) in [4.78, 5) is 25.3. The molecule has 12 heteroatoms. The van der Waals surface area contributed by atoms with Crippen molar-refractivity contribution in [2.45, 2.75) is 37.0 Å². The minimum absolute atomic E-state index is 0.0467. The minimum atomic E-state index is -6.01. The Morgan fingerprint density at radius 1 is 1.25 bits per heavy atom. The Balaban J connectivity index is 1.90. The van der Waals surface area contributed by atoms with Crippen LogP contribution in [0.4, 0.5) is 13.2 Å². The van der Waals surface area contributed by atoms with E-state index in [1.807, 2.05) is 0 Å². The fourth-order valence-electron chi connectivity index (χ4n) is 2.95. The van der Waals surface area contributed by atoms with Gasteiger partial charge in [0, 0.05) is 6.42 Å². The molecule has 1 unspecified atom stereocenters. The third-order valence-electron chi connectivity index (χ3n) is 4.34. The lowest BCUT2D eigenvalue weighted by molar-refractivity contribution is -0.156. The Kier molecular flexibility index (Phi) is 5.10. The SMILES string of the molecule is NC1C(=O)N2C(C(=O)OCc3ccccc3)=C(OS(=O)(=O)C(F)(F)F)CC[C@@H]12. The van der Waals surface area contributed by atoms with Gasteiger partial charge < -0.3 is 14.7 Å². The number of alkyl halides is 3. The summed E-state index contributed by atoms with van der Waals surface area (Å²) in [6.45, 7) is -0.235. The van der Waals surface area contributed by atoms with Crippen LogP contribution in [0.2, 0.25) is 0 Å². The number of esters is 1. The molecule has 2 aliphatic heterocycles. The van der Waals surface area contributed by atoms with E-state index in [2.05, 4.69) is 4.18 Å². The number of carbonyl (C=O) groups is 2. The smallest absolute Gasteiger partial charge is 0.456 e. The highest BCUT2D eigenvalue weighted by Gasteiger charge is 2.54. The Morgan fingerprint density at radius 2 is 1.89 bits per heavy atom. The zero-order valence-electron chi connectivity index (χ0n) is 14.2. The maximum Gasteiger partial charge on any atom is 0.534 e. The second-order valence-corrected chi connectivity index (χ2v) is 7.69. The normalized spacial score (nSPS) is 22.4. The largest absolute Gasteiger partial charge is 0.534 e. The van der Waals surface area contributed by atoms with Crippen LogP contribution < -0.4 is 5.73 Å². The quantitative estimate of drug-likeness (QED) is 0.329. The van der Waals surface area contributed by atoms with Crippen molar-refractivity contribution >= 4 is 22.0 Å². The fourth-order valence-corrected chi connectivity index (χ4v) is 3.47. The first-order chi connectivity index (χ1) is 13.0. The molecule has 1 aromatic rings. The van der Waals surface area contributed by atoms with Crippen LogP contribution in [0.15, 0.2) is 41.8 Å². The van der Waals surface area contributed by atoms with Crippen LogP contribution >= 0.6 is 0 Å². The average Bonchev–Trinajstić information content (AvgIpc) is 2.64. The molecule has 0 spiro atoms. The summed E-state index contributed by atoms with van der Waals surface area (Å²) in [5, 5.41) is 0. The van der Waals surface area contributed by atoms with Gasteiger partial charge in [0.05, 0.1) is 6.04 Å². The predicted octanol–water partition coefficient (Wildman–Crippen LogP) is 1.14. The third kappa shape index (κ3) is 3.56. The molecule has 1 amide bonds. The van der Waals surface area contributed by atoms with Crippen LogP contribution in [-0.4, -0.2) is 42.8 Å².